The SMILES string of the molecule is OCCC=Cc1cc[c]cc1. The van der Waals surface area contributed by atoms with Gasteiger partial charge in [0.1, 0.15) is 0 Å². The lowest BCUT2D eigenvalue weighted by Crippen LogP contribution is -1.75. The molecule has 0 atom stereocenters. The molecular formula is C10H11O. The second-order valence-electron chi connectivity index (χ2n) is 2.25. The molecule has 0 fully saturated rings. The Balaban J connectivity index is 2.50. The molecule has 0 unspecified atom stereocenters. The molecule has 11 heavy (non-hydrogen) atoms. The largest absolute Gasteiger partial charge is 0.396 e. The molecular weight excluding hydrogens is 136 g/mol. The Morgan fingerprint density at radius 2 is 2.09 bits per heavy atom. The zero-order valence-electron chi connectivity index (χ0n) is 6.33. The van der Waals surface area contributed by atoms with Crippen LogP contribution in [-0.2, 0) is 0 Å². The summed E-state index contributed by atoms with van der Waals surface area (Å²) in [5.74, 6) is 0. The van der Waals surface area contributed by atoms with Crippen LogP contribution in [0.4, 0.5) is 0 Å². The first-order chi connectivity index (χ1) is 5.43. The van der Waals surface area contributed by atoms with Crippen LogP contribution < -0.4 is 0 Å². The fraction of sp³-hybridized carbons (Fsp3) is 0.200. The van der Waals surface area contributed by atoms with Gasteiger partial charge in [0.15, 0.2) is 0 Å². The van der Waals surface area contributed by atoms with E-state index in [1.165, 1.54) is 0 Å². The first kappa shape index (κ1) is 8.02. The maximum atomic E-state index is 8.49. The van der Waals surface area contributed by atoms with Gasteiger partial charge in [-0.15, -0.1) is 0 Å². The Morgan fingerprint density at radius 1 is 1.36 bits per heavy atom. The number of hydrogen-bond donors (Lipinski definition) is 1. The standard InChI is InChI=1S/C10H11O/c11-9-5-4-8-10-6-2-1-3-7-10/h2-4,6-8,11H,5,9H2. The van der Waals surface area contributed by atoms with Gasteiger partial charge in [0.05, 0.1) is 0 Å². The van der Waals surface area contributed by atoms with Crippen molar-refractivity contribution in [3.8, 4) is 0 Å². The molecule has 1 aromatic carbocycles. The molecule has 0 heterocycles. The Hall–Kier alpha value is -1.08. The van der Waals surface area contributed by atoms with Crippen LogP contribution in [0.2, 0.25) is 0 Å². The third kappa shape index (κ3) is 3.01. The van der Waals surface area contributed by atoms with Crippen LogP contribution in [0.25, 0.3) is 6.08 Å². The van der Waals surface area contributed by atoms with Crippen molar-refractivity contribution >= 4 is 6.08 Å². The maximum Gasteiger partial charge on any atom is 0.0465 e. The summed E-state index contributed by atoms with van der Waals surface area (Å²) >= 11 is 0. The minimum absolute atomic E-state index is 0.218. The van der Waals surface area contributed by atoms with E-state index < -0.39 is 0 Å². The first-order valence-electron chi connectivity index (χ1n) is 3.67. The highest BCUT2D eigenvalue weighted by Crippen LogP contribution is 2.00. The van der Waals surface area contributed by atoms with Crippen molar-refractivity contribution in [3.05, 3.63) is 42.0 Å². The summed E-state index contributed by atoms with van der Waals surface area (Å²) in [5.41, 5.74) is 1.15. The summed E-state index contributed by atoms with van der Waals surface area (Å²) in [6, 6.07) is 10.6. The van der Waals surface area contributed by atoms with Crippen LogP contribution in [-0.4, -0.2) is 11.7 Å². The molecule has 57 valence electrons. The highest BCUT2D eigenvalue weighted by Gasteiger charge is 1.80. The van der Waals surface area contributed by atoms with Gasteiger partial charge in [-0.1, -0.05) is 36.4 Å². The molecule has 1 heteroatoms. The third-order valence-electron chi connectivity index (χ3n) is 1.35. The Morgan fingerprint density at radius 3 is 2.73 bits per heavy atom. The molecule has 0 aliphatic heterocycles. The molecule has 0 saturated heterocycles. The van der Waals surface area contributed by atoms with Gasteiger partial charge in [0, 0.05) is 6.61 Å². The van der Waals surface area contributed by atoms with E-state index in [0.29, 0.717) is 0 Å². The van der Waals surface area contributed by atoms with Crippen LogP contribution >= 0.6 is 0 Å². The minimum atomic E-state index is 0.218. The van der Waals surface area contributed by atoms with Crippen molar-refractivity contribution < 1.29 is 5.11 Å². The Labute approximate surface area is 67.0 Å². The predicted molar refractivity (Wildman–Crippen MR) is 46.0 cm³/mol. The highest BCUT2D eigenvalue weighted by molar-refractivity contribution is 5.48. The maximum absolute atomic E-state index is 8.49. The average molecular weight is 147 g/mol. The summed E-state index contributed by atoms with van der Waals surface area (Å²) < 4.78 is 0. The van der Waals surface area contributed by atoms with Gasteiger partial charge in [-0.2, -0.15) is 0 Å². The van der Waals surface area contributed by atoms with Crippen molar-refractivity contribution in [2.45, 2.75) is 6.42 Å². The normalized spacial score (nSPS) is 10.6. The van der Waals surface area contributed by atoms with E-state index in [9.17, 15) is 0 Å². The van der Waals surface area contributed by atoms with Crippen molar-refractivity contribution in [2.75, 3.05) is 6.61 Å². The lowest BCUT2D eigenvalue weighted by atomic mass is 10.2. The fourth-order valence-corrected chi connectivity index (χ4v) is 0.805. The minimum Gasteiger partial charge on any atom is -0.396 e. The second-order valence-corrected chi connectivity index (χ2v) is 2.25. The summed E-state index contributed by atoms with van der Waals surface area (Å²) in [7, 11) is 0. The zero-order chi connectivity index (χ0) is 7.94. The first-order valence-corrected chi connectivity index (χ1v) is 3.67. The second kappa shape index (κ2) is 4.69. The van der Waals surface area contributed by atoms with Gasteiger partial charge in [-0.05, 0) is 18.1 Å². The number of aliphatic hydroxyl groups excluding tert-OH is 1. The molecule has 0 bridgehead atoms. The lowest BCUT2D eigenvalue weighted by molar-refractivity contribution is 0.303. The van der Waals surface area contributed by atoms with Crippen molar-refractivity contribution in [1.29, 1.82) is 0 Å². The molecule has 1 radical (unpaired) electrons. The Kier molecular flexibility index (Phi) is 3.42. The van der Waals surface area contributed by atoms with E-state index >= 15 is 0 Å². The molecule has 1 aromatic rings. The Bertz CT molecular complexity index is 214. The van der Waals surface area contributed by atoms with Gasteiger partial charge in [0.25, 0.3) is 0 Å². The van der Waals surface area contributed by atoms with Gasteiger partial charge >= 0.3 is 0 Å². The van der Waals surface area contributed by atoms with Crippen molar-refractivity contribution in [3.63, 3.8) is 0 Å². The van der Waals surface area contributed by atoms with Gasteiger partial charge < -0.3 is 5.11 Å². The third-order valence-corrected chi connectivity index (χ3v) is 1.35. The monoisotopic (exact) mass is 147 g/mol. The molecule has 0 aliphatic rings. The average Bonchev–Trinajstić information content (AvgIpc) is 2.07. The van der Waals surface area contributed by atoms with E-state index in [-0.39, 0.29) is 6.61 Å². The quantitative estimate of drug-likeness (QED) is 0.692. The van der Waals surface area contributed by atoms with Crippen molar-refractivity contribution in [1.82, 2.24) is 0 Å². The summed E-state index contributed by atoms with van der Waals surface area (Å²) in [4.78, 5) is 0. The molecule has 1 rings (SSSR count). The van der Waals surface area contributed by atoms with Crippen molar-refractivity contribution in [2.24, 2.45) is 0 Å². The van der Waals surface area contributed by atoms with Crippen LogP contribution in [0.3, 0.4) is 0 Å². The zero-order valence-corrected chi connectivity index (χ0v) is 6.33. The number of aliphatic hydroxyl groups is 1. The van der Waals surface area contributed by atoms with Gasteiger partial charge in [-0.25, -0.2) is 0 Å². The van der Waals surface area contributed by atoms with E-state index in [1.807, 2.05) is 36.4 Å². The van der Waals surface area contributed by atoms with Gasteiger partial charge in [-0.3, -0.25) is 0 Å². The topological polar surface area (TPSA) is 20.2 Å². The molecule has 0 saturated carbocycles. The van der Waals surface area contributed by atoms with Crippen LogP contribution in [0.1, 0.15) is 12.0 Å². The van der Waals surface area contributed by atoms with E-state index in [1.54, 1.807) is 0 Å². The molecule has 0 spiro atoms. The lowest BCUT2D eigenvalue weighted by Gasteiger charge is -1.89. The molecule has 1 N–H and O–H groups in total. The van der Waals surface area contributed by atoms with Crippen LogP contribution in [0.5, 0.6) is 0 Å². The summed E-state index contributed by atoms with van der Waals surface area (Å²) in [5, 5.41) is 8.49. The van der Waals surface area contributed by atoms with Gasteiger partial charge in [0.2, 0.25) is 0 Å². The van der Waals surface area contributed by atoms with Crippen LogP contribution in [0.15, 0.2) is 30.3 Å². The highest BCUT2D eigenvalue weighted by atomic mass is 16.2. The smallest absolute Gasteiger partial charge is 0.0465 e. The summed E-state index contributed by atoms with van der Waals surface area (Å²) in [6.45, 7) is 0.218. The van der Waals surface area contributed by atoms with E-state index in [4.69, 9.17) is 5.11 Å². The predicted octanol–water partition coefficient (Wildman–Crippen LogP) is 1.88. The van der Waals surface area contributed by atoms with E-state index in [2.05, 4.69) is 6.07 Å². The number of rotatable bonds is 3. The molecule has 0 amide bonds. The molecule has 0 aliphatic carbocycles. The van der Waals surface area contributed by atoms with Crippen LogP contribution in [0, 0.1) is 6.07 Å². The number of benzene rings is 1. The van der Waals surface area contributed by atoms with E-state index in [0.717, 1.165) is 12.0 Å². The number of hydrogen-bond acceptors (Lipinski definition) is 1. The molecule has 1 nitrogen and oxygen atoms in total. The molecule has 0 aromatic heterocycles. The summed E-state index contributed by atoms with van der Waals surface area (Å²) in [6.07, 6.45) is 4.66. The fourth-order valence-electron chi connectivity index (χ4n) is 0.805.